The second kappa shape index (κ2) is 5.57. The lowest BCUT2D eigenvalue weighted by Gasteiger charge is -2.04. The topological polar surface area (TPSA) is 51.2 Å². The number of carbonyl (C=O) groups excluding carboxylic acids is 1. The van der Waals surface area contributed by atoms with Gasteiger partial charge in [0, 0.05) is 18.5 Å². The zero-order valence-electron chi connectivity index (χ0n) is 7.79. The molecule has 1 N–H and O–H groups in total. The maximum absolute atomic E-state index is 11.2. The number of aromatic nitrogens is 1. The predicted octanol–water partition coefficient (Wildman–Crippen LogP) is 1.71. The van der Waals surface area contributed by atoms with Crippen molar-refractivity contribution in [2.75, 3.05) is 18.5 Å². The molecule has 0 bridgehead atoms. The van der Waals surface area contributed by atoms with Gasteiger partial charge in [-0.2, -0.15) is 0 Å². The van der Waals surface area contributed by atoms with Crippen molar-refractivity contribution in [2.45, 2.75) is 6.92 Å². The Kier molecular flexibility index (Phi) is 4.35. The van der Waals surface area contributed by atoms with Gasteiger partial charge in [0.15, 0.2) is 0 Å². The van der Waals surface area contributed by atoms with E-state index >= 15 is 0 Å². The standard InChI is InChI=1S/C9H11ClN2O2/c1-2-14-6-9(13)12-7-3-4-11-8(10)5-7/h3-5H,2,6H2,1H3,(H,11,12,13). The van der Waals surface area contributed by atoms with Crippen LogP contribution in [0.3, 0.4) is 0 Å². The van der Waals surface area contributed by atoms with E-state index in [2.05, 4.69) is 10.3 Å². The molecule has 0 fully saturated rings. The molecule has 5 heteroatoms. The van der Waals surface area contributed by atoms with Gasteiger partial charge in [-0.05, 0) is 19.1 Å². The quantitative estimate of drug-likeness (QED) is 0.777. The summed E-state index contributed by atoms with van der Waals surface area (Å²) in [6, 6.07) is 3.24. The van der Waals surface area contributed by atoms with E-state index in [4.69, 9.17) is 16.3 Å². The molecular weight excluding hydrogens is 204 g/mol. The zero-order chi connectivity index (χ0) is 10.4. The van der Waals surface area contributed by atoms with Crippen LogP contribution in [0.4, 0.5) is 5.69 Å². The van der Waals surface area contributed by atoms with Crippen molar-refractivity contribution < 1.29 is 9.53 Å². The highest BCUT2D eigenvalue weighted by Gasteiger charge is 2.01. The van der Waals surface area contributed by atoms with E-state index in [0.29, 0.717) is 17.4 Å². The first-order valence-electron chi connectivity index (χ1n) is 4.21. The highest BCUT2D eigenvalue weighted by molar-refractivity contribution is 6.29. The molecule has 14 heavy (non-hydrogen) atoms. The van der Waals surface area contributed by atoms with Crippen LogP contribution in [0, 0.1) is 0 Å². The monoisotopic (exact) mass is 214 g/mol. The van der Waals surface area contributed by atoms with Crippen molar-refractivity contribution >= 4 is 23.2 Å². The predicted molar refractivity (Wildman–Crippen MR) is 54.4 cm³/mol. The van der Waals surface area contributed by atoms with Crippen molar-refractivity contribution in [3.05, 3.63) is 23.5 Å². The Bertz CT molecular complexity index is 317. The Morgan fingerprint density at radius 3 is 3.14 bits per heavy atom. The molecule has 0 atom stereocenters. The Hall–Kier alpha value is -1.13. The first-order chi connectivity index (χ1) is 6.72. The molecule has 0 aliphatic carbocycles. The third-order valence-corrected chi connectivity index (χ3v) is 1.65. The molecule has 0 aliphatic heterocycles. The van der Waals surface area contributed by atoms with Gasteiger partial charge >= 0.3 is 0 Å². The minimum Gasteiger partial charge on any atom is -0.372 e. The molecule has 1 aromatic rings. The van der Waals surface area contributed by atoms with Crippen molar-refractivity contribution in [3.63, 3.8) is 0 Å². The van der Waals surface area contributed by atoms with Crippen LogP contribution in [0.5, 0.6) is 0 Å². The Morgan fingerprint density at radius 2 is 2.50 bits per heavy atom. The zero-order valence-corrected chi connectivity index (χ0v) is 8.54. The molecule has 0 aromatic carbocycles. The van der Waals surface area contributed by atoms with E-state index in [9.17, 15) is 4.79 Å². The fourth-order valence-corrected chi connectivity index (χ4v) is 1.05. The lowest BCUT2D eigenvalue weighted by atomic mass is 10.4. The number of anilines is 1. The van der Waals surface area contributed by atoms with Crippen LogP contribution < -0.4 is 5.32 Å². The molecule has 4 nitrogen and oxygen atoms in total. The minimum absolute atomic E-state index is 0.0520. The molecule has 0 radical (unpaired) electrons. The molecule has 1 aromatic heterocycles. The lowest BCUT2D eigenvalue weighted by molar-refractivity contribution is -0.120. The second-order valence-corrected chi connectivity index (χ2v) is 2.94. The van der Waals surface area contributed by atoms with Gasteiger partial charge in [-0.25, -0.2) is 4.98 Å². The summed E-state index contributed by atoms with van der Waals surface area (Å²) in [7, 11) is 0. The Morgan fingerprint density at radius 1 is 1.71 bits per heavy atom. The van der Waals surface area contributed by atoms with Crippen molar-refractivity contribution in [1.82, 2.24) is 4.98 Å². The van der Waals surface area contributed by atoms with Gasteiger partial charge in [-0.3, -0.25) is 4.79 Å². The van der Waals surface area contributed by atoms with Crippen LogP contribution in [0.15, 0.2) is 18.3 Å². The van der Waals surface area contributed by atoms with Crippen molar-refractivity contribution in [2.24, 2.45) is 0 Å². The van der Waals surface area contributed by atoms with E-state index in [1.165, 1.54) is 6.20 Å². The highest BCUT2D eigenvalue weighted by atomic mass is 35.5. The van der Waals surface area contributed by atoms with E-state index in [1.54, 1.807) is 12.1 Å². The fourth-order valence-electron chi connectivity index (χ4n) is 0.872. The summed E-state index contributed by atoms with van der Waals surface area (Å²) in [6.45, 7) is 2.40. The summed E-state index contributed by atoms with van der Waals surface area (Å²) < 4.78 is 4.94. The molecular formula is C9H11ClN2O2. The van der Waals surface area contributed by atoms with E-state index < -0.39 is 0 Å². The number of hydrogen-bond donors (Lipinski definition) is 1. The molecule has 0 unspecified atom stereocenters. The van der Waals surface area contributed by atoms with E-state index in [0.717, 1.165) is 0 Å². The number of halogens is 1. The molecule has 0 saturated heterocycles. The van der Waals surface area contributed by atoms with Crippen molar-refractivity contribution in [3.8, 4) is 0 Å². The van der Waals surface area contributed by atoms with Crippen molar-refractivity contribution in [1.29, 1.82) is 0 Å². The first-order valence-corrected chi connectivity index (χ1v) is 4.59. The van der Waals surface area contributed by atoms with Crippen LogP contribution in [0.2, 0.25) is 5.15 Å². The molecule has 1 heterocycles. The van der Waals surface area contributed by atoms with Crippen LogP contribution in [-0.4, -0.2) is 24.1 Å². The molecule has 1 amide bonds. The number of nitrogens with one attached hydrogen (secondary N) is 1. The number of pyridine rings is 1. The van der Waals surface area contributed by atoms with Gasteiger partial charge in [0.1, 0.15) is 11.8 Å². The minimum atomic E-state index is -0.200. The summed E-state index contributed by atoms with van der Waals surface area (Å²) in [5.41, 5.74) is 0.620. The fraction of sp³-hybridized carbons (Fsp3) is 0.333. The molecule has 0 aliphatic rings. The molecule has 1 rings (SSSR count). The number of amides is 1. The number of rotatable bonds is 4. The SMILES string of the molecule is CCOCC(=O)Nc1ccnc(Cl)c1. The third-order valence-electron chi connectivity index (χ3n) is 1.45. The summed E-state index contributed by atoms with van der Waals surface area (Å²) in [4.78, 5) is 15.0. The van der Waals surface area contributed by atoms with Crippen LogP contribution in [-0.2, 0) is 9.53 Å². The summed E-state index contributed by atoms with van der Waals surface area (Å²) in [5.74, 6) is -0.200. The molecule has 0 spiro atoms. The molecule has 76 valence electrons. The van der Waals surface area contributed by atoms with Gasteiger partial charge in [0.2, 0.25) is 5.91 Å². The van der Waals surface area contributed by atoms with Gasteiger partial charge in [0.25, 0.3) is 0 Å². The smallest absolute Gasteiger partial charge is 0.250 e. The number of hydrogen-bond acceptors (Lipinski definition) is 3. The number of nitrogens with zero attached hydrogens (tertiary/aromatic N) is 1. The normalized spacial score (nSPS) is 9.86. The van der Waals surface area contributed by atoms with Crippen LogP contribution in [0.25, 0.3) is 0 Å². The Labute approximate surface area is 87.2 Å². The maximum atomic E-state index is 11.2. The Balaban J connectivity index is 2.47. The number of carbonyl (C=O) groups is 1. The average molecular weight is 215 g/mol. The second-order valence-electron chi connectivity index (χ2n) is 2.55. The van der Waals surface area contributed by atoms with Crippen LogP contribution in [0.1, 0.15) is 6.92 Å². The maximum Gasteiger partial charge on any atom is 0.250 e. The highest BCUT2D eigenvalue weighted by Crippen LogP contribution is 2.11. The van der Waals surface area contributed by atoms with Gasteiger partial charge in [-0.1, -0.05) is 11.6 Å². The van der Waals surface area contributed by atoms with Gasteiger partial charge in [-0.15, -0.1) is 0 Å². The summed E-state index contributed by atoms with van der Waals surface area (Å²) >= 11 is 5.64. The van der Waals surface area contributed by atoms with Crippen LogP contribution >= 0.6 is 11.6 Å². The first kappa shape index (κ1) is 10.9. The average Bonchev–Trinajstić information content (AvgIpc) is 2.15. The summed E-state index contributed by atoms with van der Waals surface area (Å²) in [5, 5.41) is 2.98. The molecule has 0 saturated carbocycles. The van der Waals surface area contributed by atoms with E-state index in [1.807, 2.05) is 6.92 Å². The van der Waals surface area contributed by atoms with Gasteiger partial charge in [0.05, 0.1) is 0 Å². The largest absolute Gasteiger partial charge is 0.372 e. The third kappa shape index (κ3) is 3.72. The lowest BCUT2D eigenvalue weighted by Crippen LogP contribution is -2.18. The van der Waals surface area contributed by atoms with E-state index in [-0.39, 0.29) is 12.5 Å². The van der Waals surface area contributed by atoms with Gasteiger partial charge < -0.3 is 10.1 Å². The summed E-state index contributed by atoms with van der Waals surface area (Å²) in [6.07, 6.45) is 1.53. The number of ether oxygens (including phenoxy) is 1.